The summed E-state index contributed by atoms with van der Waals surface area (Å²) in [5.74, 6) is -0.382. The Bertz CT molecular complexity index is 901. The van der Waals surface area contributed by atoms with Crippen molar-refractivity contribution in [2.24, 2.45) is 11.7 Å². The molecule has 1 saturated heterocycles. The summed E-state index contributed by atoms with van der Waals surface area (Å²) in [5.41, 5.74) is 9.62. The van der Waals surface area contributed by atoms with Gasteiger partial charge in [0.15, 0.2) is 0 Å². The molecule has 1 aliphatic heterocycles. The number of rotatable bonds is 5. The van der Waals surface area contributed by atoms with Crippen LogP contribution in [-0.2, 0) is 15.0 Å². The average Bonchev–Trinajstić information content (AvgIpc) is 2.72. The highest BCUT2D eigenvalue weighted by atomic mass is 16.1. The van der Waals surface area contributed by atoms with Crippen molar-refractivity contribution in [1.29, 1.82) is 0 Å². The zero-order chi connectivity index (χ0) is 21.7. The summed E-state index contributed by atoms with van der Waals surface area (Å²) in [7, 11) is 0. The zero-order valence-electron chi connectivity index (χ0n) is 18.0. The minimum absolute atomic E-state index is 0.0173. The van der Waals surface area contributed by atoms with E-state index in [0.717, 1.165) is 42.9 Å². The summed E-state index contributed by atoms with van der Waals surface area (Å²) in [6, 6.07) is 16.1. The Morgan fingerprint density at radius 3 is 2.13 bits per heavy atom. The maximum absolute atomic E-state index is 12.2. The molecule has 2 aromatic carbocycles. The van der Waals surface area contributed by atoms with E-state index in [0.29, 0.717) is 0 Å². The molecule has 2 aromatic rings. The summed E-state index contributed by atoms with van der Waals surface area (Å²) >= 11 is 0. The van der Waals surface area contributed by atoms with Gasteiger partial charge in [0.2, 0.25) is 11.8 Å². The van der Waals surface area contributed by atoms with E-state index in [4.69, 9.17) is 5.73 Å². The van der Waals surface area contributed by atoms with E-state index in [1.54, 1.807) is 6.08 Å². The van der Waals surface area contributed by atoms with E-state index in [1.807, 2.05) is 42.5 Å². The molecule has 2 amide bonds. The molecular weight excluding hydrogens is 374 g/mol. The van der Waals surface area contributed by atoms with Gasteiger partial charge >= 0.3 is 0 Å². The van der Waals surface area contributed by atoms with Gasteiger partial charge in [0.25, 0.3) is 0 Å². The first-order chi connectivity index (χ1) is 14.2. The van der Waals surface area contributed by atoms with Crippen LogP contribution in [-0.4, -0.2) is 24.9 Å². The number of nitrogens with two attached hydrogens (primary N) is 1. The van der Waals surface area contributed by atoms with Gasteiger partial charge in [-0.15, -0.1) is 0 Å². The third-order valence-electron chi connectivity index (χ3n) is 5.60. The maximum atomic E-state index is 12.2. The van der Waals surface area contributed by atoms with Crippen molar-refractivity contribution in [3.8, 4) is 0 Å². The summed E-state index contributed by atoms with van der Waals surface area (Å²) in [5, 5.41) is 2.89. The fourth-order valence-electron chi connectivity index (χ4n) is 3.63. The van der Waals surface area contributed by atoms with Crippen molar-refractivity contribution in [2.45, 2.75) is 39.0 Å². The highest BCUT2D eigenvalue weighted by Gasteiger charge is 2.23. The van der Waals surface area contributed by atoms with Crippen LogP contribution in [0.3, 0.4) is 0 Å². The van der Waals surface area contributed by atoms with Gasteiger partial charge in [-0.2, -0.15) is 0 Å². The molecule has 5 nitrogen and oxygen atoms in total. The summed E-state index contributed by atoms with van der Waals surface area (Å²) < 4.78 is 0. The highest BCUT2D eigenvalue weighted by Crippen LogP contribution is 2.25. The minimum atomic E-state index is -0.203. The maximum Gasteiger partial charge on any atom is 0.248 e. The van der Waals surface area contributed by atoms with Crippen LogP contribution in [0.25, 0.3) is 6.08 Å². The van der Waals surface area contributed by atoms with Gasteiger partial charge in [-0.25, -0.2) is 0 Å². The number of nitrogens with zero attached hydrogens (tertiary/aromatic N) is 1. The van der Waals surface area contributed by atoms with E-state index in [2.05, 4.69) is 43.1 Å². The zero-order valence-corrected chi connectivity index (χ0v) is 18.0. The van der Waals surface area contributed by atoms with E-state index in [-0.39, 0.29) is 23.1 Å². The number of primary amides is 1. The number of nitrogens with one attached hydrogen (secondary N) is 1. The molecule has 0 radical (unpaired) electrons. The van der Waals surface area contributed by atoms with Gasteiger partial charge in [-0.05, 0) is 59.7 Å². The molecule has 1 heterocycles. The molecule has 0 aromatic heterocycles. The molecule has 0 atom stereocenters. The number of carbonyl (C=O) groups is 2. The Hall–Kier alpha value is -3.08. The van der Waals surface area contributed by atoms with Gasteiger partial charge in [0.1, 0.15) is 0 Å². The largest absolute Gasteiger partial charge is 0.371 e. The molecule has 0 bridgehead atoms. The smallest absolute Gasteiger partial charge is 0.248 e. The van der Waals surface area contributed by atoms with Crippen LogP contribution in [0.5, 0.6) is 0 Å². The van der Waals surface area contributed by atoms with Gasteiger partial charge in [-0.1, -0.05) is 45.0 Å². The standard InChI is InChI=1S/C25H31N3O2/c1-25(2,3)20-7-4-18(5-8-20)6-13-23(29)27-21-9-11-22(12-10-21)28-16-14-19(15-17-28)24(26)30/h4-13,19H,14-17H2,1-3H3,(H2,26,30)(H,27,29)/b13-6+. The van der Waals surface area contributed by atoms with E-state index >= 15 is 0 Å². The first kappa shape index (κ1) is 21.6. The first-order valence-electron chi connectivity index (χ1n) is 10.5. The third-order valence-corrected chi connectivity index (χ3v) is 5.60. The van der Waals surface area contributed by atoms with Crippen LogP contribution in [0.4, 0.5) is 11.4 Å². The molecule has 1 fully saturated rings. The number of hydrogen-bond donors (Lipinski definition) is 2. The third kappa shape index (κ3) is 5.72. The van der Waals surface area contributed by atoms with Crippen molar-refractivity contribution in [1.82, 2.24) is 0 Å². The van der Waals surface area contributed by atoms with Crippen molar-refractivity contribution >= 4 is 29.3 Å². The number of piperidine rings is 1. The quantitative estimate of drug-likeness (QED) is 0.727. The molecule has 3 rings (SSSR count). The predicted octanol–water partition coefficient (Wildman–Crippen LogP) is 4.34. The monoisotopic (exact) mass is 405 g/mol. The van der Waals surface area contributed by atoms with Gasteiger partial charge in [0.05, 0.1) is 0 Å². The second kappa shape index (κ2) is 9.16. The fourth-order valence-corrected chi connectivity index (χ4v) is 3.63. The summed E-state index contributed by atoms with van der Waals surface area (Å²) in [4.78, 5) is 25.8. The molecule has 0 saturated carbocycles. The number of amides is 2. The molecular formula is C25H31N3O2. The second-order valence-electron chi connectivity index (χ2n) is 8.91. The van der Waals surface area contributed by atoms with Crippen LogP contribution < -0.4 is 16.0 Å². The highest BCUT2D eigenvalue weighted by molar-refractivity contribution is 6.02. The Balaban J connectivity index is 1.53. The number of carbonyl (C=O) groups excluding carboxylic acids is 2. The van der Waals surface area contributed by atoms with E-state index in [1.165, 1.54) is 5.56 Å². The minimum Gasteiger partial charge on any atom is -0.371 e. The van der Waals surface area contributed by atoms with E-state index in [9.17, 15) is 9.59 Å². The lowest BCUT2D eigenvalue weighted by Gasteiger charge is -2.32. The van der Waals surface area contributed by atoms with E-state index < -0.39 is 0 Å². The Kier molecular flexibility index (Phi) is 6.60. The number of benzene rings is 2. The molecule has 0 unspecified atom stereocenters. The predicted molar refractivity (Wildman–Crippen MR) is 123 cm³/mol. The van der Waals surface area contributed by atoms with Crippen LogP contribution in [0, 0.1) is 5.92 Å². The number of anilines is 2. The lowest BCUT2D eigenvalue weighted by atomic mass is 9.87. The lowest BCUT2D eigenvalue weighted by molar-refractivity contribution is -0.122. The molecule has 158 valence electrons. The summed E-state index contributed by atoms with van der Waals surface area (Å²) in [6.07, 6.45) is 4.94. The van der Waals surface area contributed by atoms with Gasteiger partial charge in [-0.3, -0.25) is 9.59 Å². The average molecular weight is 406 g/mol. The van der Waals surface area contributed by atoms with Crippen LogP contribution in [0.1, 0.15) is 44.7 Å². The van der Waals surface area contributed by atoms with Crippen molar-refractivity contribution in [3.05, 3.63) is 65.7 Å². The van der Waals surface area contributed by atoms with Crippen molar-refractivity contribution in [3.63, 3.8) is 0 Å². The first-order valence-corrected chi connectivity index (χ1v) is 10.5. The summed E-state index contributed by atoms with van der Waals surface area (Å²) in [6.45, 7) is 8.17. The molecule has 0 spiro atoms. The van der Waals surface area contributed by atoms with Crippen LogP contribution in [0.15, 0.2) is 54.6 Å². The van der Waals surface area contributed by atoms with Gasteiger partial charge in [0, 0.05) is 36.5 Å². The molecule has 1 aliphatic rings. The normalized spacial score (nSPS) is 15.4. The van der Waals surface area contributed by atoms with Crippen molar-refractivity contribution < 1.29 is 9.59 Å². The Morgan fingerprint density at radius 2 is 1.60 bits per heavy atom. The number of hydrogen-bond acceptors (Lipinski definition) is 3. The molecule has 3 N–H and O–H groups in total. The second-order valence-corrected chi connectivity index (χ2v) is 8.91. The van der Waals surface area contributed by atoms with Crippen LogP contribution in [0.2, 0.25) is 0 Å². The van der Waals surface area contributed by atoms with Crippen LogP contribution >= 0.6 is 0 Å². The molecule has 0 aliphatic carbocycles. The van der Waals surface area contributed by atoms with Gasteiger partial charge < -0.3 is 16.0 Å². The molecule has 30 heavy (non-hydrogen) atoms. The lowest BCUT2D eigenvalue weighted by Crippen LogP contribution is -2.38. The van der Waals surface area contributed by atoms with Crippen molar-refractivity contribution in [2.75, 3.05) is 23.3 Å². The topological polar surface area (TPSA) is 75.4 Å². The Morgan fingerprint density at radius 1 is 1.00 bits per heavy atom. The SMILES string of the molecule is CC(C)(C)c1ccc(/C=C/C(=O)Nc2ccc(N3CCC(C(N)=O)CC3)cc2)cc1. The molecule has 5 heteroatoms. The fraction of sp³-hybridized carbons (Fsp3) is 0.360. The Labute approximate surface area is 179 Å².